The van der Waals surface area contributed by atoms with E-state index in [1.807, 2.05) is 0 Å². The van der Waals surface area contributed by atoms with Gasteiger partial charge in [-0.15, -0.1) is 0 Å². The van der Waals surface area contributed by atoms with Crippen LogP contribution in [-0.4, -0.2) is 31.5 Å². The van der Waals surface area contributed by atoms with Crippen molar-refractivity contribution < 1.29 is 17.9 Å². The minimum absolute atomic E-state index is 0.0439. The van der Waals surface area contributed by atoms with Crippen LogP contribution in [0.4, 0.5) is 5.69 Å². The fraction of sp³-hybridized carbons (Fsp3) is 0.500. The third kappa shape index (κ3) is 4.52. The summed E-state index contributed by atoms with van der Waals surface area (Å²) in [4.78, 5) is 11.6. The zero-order chi connectivity index (χ0) is 15.4. The number of ether oxygens (including phenoxy) is 1. The molecule has 2 N–H and O–H groups in total. The molecule has 0 unspecified atom stereocenters. The Bertz CT molecular complexity index is 573. The lowest BCUT2D eigenvalue weighted by atomic mass is 10.1. The second-order valence-corrected chi connectivity index (χ2v) is 8.39. The van der Waals surface area contributed by atoms with Crippen molar-refractivity contribution in [1.82, 2.24) is 0 Å². The summed E-state index contributed by atoms with van der Waals surface area (Å²) in [6.45, 7) is 4.73. The van der Waals surface area contributed by atoms with Crippen LogP contribution in [-0.2, 0) is 25.8 Å². The predicted octanol–water partition coefficient (Wildman–Crippen LogP) is 1.57. The number of carbonyl (C=O) groups excluding carboxylic acids is 1. The number of hydrogen-bond acceptors (Lipinski definition) is 5. The van der Waals surface area contributed by atoms with Crippen molar-refractivity contribution in [2.75, 3.05) is 18.1 Å². The molecule has 20 heavy (non-hydrogen) atoms. The SMILES string of the molecule is CC(C)(C)S(=O)(=O)CCOC(=O)Cc1ccccc1N. The normalized spacial score (nSPS) is 12.2. The first-order chi connectivity index (χ1) is 9.13. The van der Waals surface area contributed by atoms with Crippen LogP contribution in [0, 0.1) is 0 Å². The van der Waals surface area contributed by atoms with E-state index in [0.29, 0.717) is 11.3 Å². The molecule has 1 aromatic rings. The number of benzene rings is 1. The van der Waals surface area contributed by atoms with Crippen LogP contribution in [0.2, 0.25) is 0 Å². The van der Waals surface area contributed by atoms with Crippen LogP contribution in [0.1, 0.15) is 26.3 Å². The lowest BCUT2D eigenvalue weighted by molar-refractivity contribution is -0.142. The van der Waals surface area contributed by atoms with Crippen molar-refractivity contribution in [3.8, 4) is 0 Å². The van der Waals surface area contributed by atoms with Gasteiger partial charge in [0, 0.05) is 5.69 Å². The third-order valence-corrected chi connectivity index (χ3v) is 5.51. The van der Waals surface area contributed by atoms with Gasteiger partial charge < -0.3 is 10.5 Å². The maximum atomic E-state index is 11.8. The Morgan fingerprint density at radius 2 is 1.85 bits per heavy atom. The van der Waals surface area contributed by atoms with Gasteiger partial charge in [0.1, 0.15) is 6.61 Å². The Hall–Kier alpha value is -1.56. The molecule has 1 rings (SSSR count). The molecule has 0 heterocycles. The Morgan fingerprint density at radius 3 is 2.40 bits per heavy atom. The van der Waals surface area contributed by atoms with E-state index in [1.54, 1.807) is 45.0 Å². The lowest BCUT2D eigenvalue weighted by Gasteiger charge is -2.18. The number of anilines is 1. The monoisotopic (exact) mass is 299 g/mol. The summed E-state index contributed by atoms with van der Waals surface area (Å²) in [6, 6.07) is 7.00. The molecule has 0 fully saturated rings. The van der Waals surface area contributed by atoms with E-state index in [-0.39, 0.29) is 18.8 Å². The van der Waals surface area contributed by atoms with Gasteiger partial charge in [-0.05, 0) is 32.4 Å². The lowest BCUT2D eigenvalue weighted by Crippen LogP contribution is -2.32. The standard InChI is InChI=1S/C14H21NO4S/c1-14(2,3)20(17,18)9-8-19-13(16)10-11-6-4-5-7-12(11)15/h4-7H,8-10,15H2,1-3H3. The molecule has 6 heteroatoms. The summed E-state index contributed by atoms with van der Waals surface area (Å²) < 4.78 is 27.8. The second-order valence-electron chi connectivity index (χ2n) is 5.53. The molecule has 0 amide bonds. The van der Waals surface area contributed by atoms with E-state index in [2.05, 4.69) is 0 Å². The Morgan fingerprint density at radius 1 is 1.25 bits per heavy atom. The van der Waals surface area contributed by atoms with Gasteiger partial charge in [0.05, 0.1) is 16.9 Å². The van der Waals surface area contributed by atoms with Crippen molar-refractivity contribution in [1.29, 1.82) is 0 Å². The largest absolute Gasteiger partial charge is 0.464 e. The first-order valence-corrected chi connectivity index (χ1v) is 8.00. The molecular formula is C14H21NO4S. The summed E-state index contributed by atoms with van der Waals surface area (Å²) in [5.74, 6) is -0.654. The van der Waals surface area contributed by atoms with E-state index in [9.17, 15) is 13.2 Å². The zero-order valence-corrected chi connectivity index (χ0v) is 12.9. The number of nitrogen functional groups attached to an aromatic ring is 1. The Labute approximate surface area is 120 Å². The molecule has 0 aliphatic carbocycles. The highest BCUT2D eigenvalue weighted by Gasteiger charge is 2.28. The molecule has 5 nitrogen and oxygen atoms in total. The van der Waals surface area contributed by atoms with E-state index in [1.165, 1.54) is 0 Å². The van der Waals surface area contributed by atoms with Gasteiger partial charge in [-0.2, -0.15) is 0 Å². The first kappa shape index (κ1) is 16.5. The second kappa shape index (κ2) is 6.26. The van der Waals surface area contributed by atoms with Gasteiger partial charge in [-0.1, -0.05) is 18.2 Å². The minimum atomic E-state index is -3.28. The molecule has 112 valence electrons. The smallest absolute Gasteiger partial charge is 0.310 e. The van der Waals surface area contributed by atoms with Gasteiger partial charge >= 0.3 is 5.97 Å². The fourth-order valence-corrected chi connectivity index (χ4v) is 2.39. The van der Waals surface area contributed by atoms with Gasteiger partial charge in [-0.3, -0.25) is 4.79 Å². The summed E-state index contributed by atoms with van der Waals surface area (Å²) in [5.41, 5.74) is 6.92. The van der Waals surface area contributed by atoms with Crippen molar-refractivity contribution in [3.05, 3.63) is 29.8 Å². The fourth-order valence-electron chi connectivity index (χ4n) is 1.47. The molecular weight excluding hydrogens is 278 g/mol. The highest BCUT2D eigenvalue weighted by molar-refractivity contribution is 7.92. The van der Waals surface area contributed by atoms with Gasteiger partial charge in [0.25, 0.3) is 0 Å². The van der Waals surface area contributed by atoms with Gasteiger partial charge in [0.15, 0.2) is 9.84 Å². The van der Waals surface area contributed by atoms with Crippen molar-refractivity contribution in [2.45, 2.75) is 31.9 Å². The molecule has 0 aliphatic rings. The molecule has 0 radical (unpaired) electrons. The molecule has 0 bridgehead atoms. The van der Waals surface area contributed by atoms with Crippen LogP contribution in [0.25, 0.3) is 0 Å². The highest BCUT2D eigenvalue weighted by atomic mass is 32.2. The number of sulfone groups is 1. The number of nitrogens with two attached hydrogens (primary N) is 1. The molecule has 0 atom stereocenters. The number of rotatable bonds is 5. The average Bonchev–Trinajstić information content (AvgIpc) is 2.30. The molecule has 0 saturated heterocycles. The Balaban J connectivity index is 2.48. The number of esters is 1. The van der Waals surface area contributed by atoms with Gasteiger partial charge in [0.2, 0.25) is 0 Å². The van der Waals surface area contributed by atoms with Crippen molar-refractivity contribution in [3.63, 3.8) is 0 Å². The zero-order valence-electron chi connectivity index (χ0n) is 12.0. The molecule has 1 aromatic carbocycles. The van der Waals surface area contributed by atoms with E-state index < -0.39 is 20.6 Å². The van der Waals surface area contributed by atoms with Crippen molar-refractivity contribution >= 4 is 21.5 Å². The number of hydrogen-bond donors (Lipinski definition) is 1. The maximum absolute atomic E-state index is 11.8. The highest BCUT2D eigenvalue weighted by Crippen LogP contribution is 2.16. The van der Waals surface area contributed by atoms with Gasteiger partial charge in [-0.25, -0.2) is 8.42 Å². The van der Waals surface area contributed by atoms with E-state index in [4.69, 9.17) is 10.5 Å². The summed E-state index contributed by atoms with van der Waals surface area (Å²) >= 11 is 0. The number of carbonyl (C=O) groups is 1. The Kier molecular flexibility index (Phi) is 5.16. The minimum Gasteiger partial charge on any atom is -0.464 e. The number of para-hydroxylation sites is 1. The molecule has 0 spiro atoms. The third-order valence-electron chi connectivity index (χ3n) is 2.94. The average molecular weight is 299 g/mol. The van der Waals surface area contributed by atoms with E-state index >= 15 is 0 Å². The van der Waals surface area contributed by atoms with Crippen LogP contribution >= 0.6 is 0 Å². The molecule has 0 aliphatic heterocycles. The summed E-state index contributed by atoms with van der Waals surface area (Å²) in [6.07, 6.45) is 0.0439. The van der Waals surface area contributed by atoms with Crippen LogP contribution in [0.3, 0.4) is 0 Å². The van der Waals surface area contributed by atoms with Crippen LogP contribution in [0.5, 0.6) is 0 Å². The van der Waals surface area contributed by atoms with Crippen LogP contribution < -0.4 is 5.73 Å². The van der Waals surface area contributed by atoms with Crippen LogP contribution in [0.15, 0.2) is 24.3 Å². The van der Waals surface area contributed by atoms with Crippen molar-refractivity contribution in [2.24, 2.45) is 0 Å². The topological polar surface area (TPSA) is 86.5 Å². The molecule has 0 saturated carbocycles. The summed E-state index contributed by atoms with van der Waals surface area (Å²) in [7, 11) is -3.28. The maximum Gasteiger partial charge on any atom is 0.310 e. The quantitative estimate of drug-likeness (QED) is 0.658. The molecule has 0 aromatic heterocycles. The van der Waals surface area contributed by atoms with E-state index in [0.717, 1.165) is 0 Å². The first-order valence-electron chi connectivity index (χ1n) is 6.35. The summed E-state index contributed by atoms with van der Waals surface area (Å²) in [5, 5.41) is 0. The predicted molar refractivity (Wildman–Crippen MR) is 79.1 cm³/mol.